The van der Waals surface area contributed by atoms with Gasteiger partial charge in [0, 0.05) is 26.0 Å². The Morgan fingerprint density at radius 2 is 2.00 bits per heavy atom. The average Bonchev–Trinajstić information content (AvgIpc) is 2.36. The molecule has 0 saturated heterocycles. The highest BCUT2D eigenvalue weighted by atomic mass is 32.2. The van der Waals surface area contributed by atoms with Crippen LogP contribution in [0.25, 0.3) is 0 Å². The summed E-state index contributed by atoms with van der Waals surface area (Å²) >= 11 is 0. The third-order valence-corrected chi connectivity index (χ3v) is 5.05. The summed E-state index contributed by atoms with van der Waals surface area (Å²) in [6, 6.07) is 1.64. The van der Waals surface area contributed by atoms with Crippen LogP contribution in [-0.4, -0.2) is 27.0 Å². The molecule has 0 bridgehead atoms. The number of pyridine rings is 1. The lowest BCUT2D eigenvalue weighted by Crippen LogP contribution is -2.37. The minimum absolute atomic E-state index is 0.102. The second-order valence-electron chi connectivity index (χ2n) is 5.59. The van der Waals surface area contributed by atoms with Gasteiger partial charge in [-0.25, -0.2) is 13.1 Å². The maximum Gasteiger partial charge on any atom is 0.244 e. The maximum atomic E-state index is 12.3. The van der Waals surface area contributed by atoms with Gasteiger partial charge in [-0.15, -0.1) is 0 Å². The van der Waals surface area contributed by atoms with E-state index in [9.17, 15) is 8.42 Å². The van der Waals surface area contributed by atoms with Gasteiger partial charge in [-0.1, -0.05) is 27.7 Å². The minimum Gasteiger partial charge on any atom is -0.387 e. The number of sulfonamides is 1. The Kier molecular flexibility index (Phi) is 4.92. The van der Waals surface area contributed by atoms with E-state index in [1.165, 1.54) is 6.20 Å². The molecule has 0 atom stereocenters. The predicted molar refractivity (Wildman–Crippen MR) is 77.6 cm³/mol. The third-order valence-electron chi connectivity index (χ3n) is 3.62. The molecule has 0 aromatic carbocycles. The molecule has 0 spiro atoms. The molecule has 0 aliphatic carbocycles. The van der Waals surface area contributed by atoms with Gasteiger partial charge in [-0.3, -0.25) is 4.98 Å². The summed E-state index contributed by atoms with van der Waals surface area (Å²) in [5.41, 5.74) is 0.444. The summed E-state index contributed by atoms with van der Waals surface area (Å²) in [4.78, 5) is 4.06. The van der Waals surface area contributed by atoms with E-state index < -0.39 is 10.0 Å². The first-order valence-corrected chi connectivity index (χ1v) is 7.80. The van der Waals surface area contributed by atoms with Crippen LogP contribution >= 0.6 is 0 Å². The number of rotatable bonds is 6. The molecule has 0 amide bonds. The summed E-state index contributed by atoms with van der Waals surface area (Å²) in [7, 11) is -1.86. The Morgan fingerprint density at radius 1 is 1.37 bits per heavy atom. The fourth-order valence-corrected chi connectivity index (χ4v) is 2.74. The SMILES string of the molecule is CNc1ccncc1S(=O)(=O)NCC(C)(C)C(C)C. The van der Waals surface area contributed by atoms with Crippen LogP contribution in [0, 0.1) is 11.3 Å². The summed E-state index contributed by atoms with van der Waals surface area (Å²) in [6.45, 7) is 8.64. The lowest BCUT2D eigenvalue weighted by atomic mass is 9.81. The van der Waals surface area contributed by atoms with Gasteiger partial charge in [-0.05, 0) is 17.4 Å². The maximum absolute atomic E-state index is 12.3. The first-order valence-electron chi connectivity index (χ1n) is 6.32. The lowest BCUT2D eigenvalue weighted by molar-refractivity contribution is 0.252. The van der Waals surface area contributed by atoms with Gasteiger partial charge in [0.25, 0.3) is 0 Å². The number of aromatic nitrogens is 1. The van der Waals surface area contributed by atoms with Crippen molar-refractivity contribution in [1.82, 2.24) is 9.71 Å². The van der Waals surface area contributed by atoms with Gasteiger partial charge in [0.15, 0.2) is 0 Å². The summed E-state index contributed by atoms with van der Waals surface area (Å²) < 4.78 is 27.2. The van der Waals surface area contributed by atoms with Crippen LogP contribution < -0.4 is 10.0 Å². The zero-order valence-corrected chi connectivity index (χ0v) is 13.0. The molecular weight excluding hydrogens is 262 g/mol. The van der Waals surface area contributed by atoms with E-state index in [0.29, 0.717) is 18.2 Å². The Balaban J connectivity index is 2.94. The molecule has 5 nitrogen and oxygen atoms in total. The monoisotopic (exact) mass is 285 g/mol. The molecular formula is C13H23N3O2S. The molecule has 19 heavy (non-hydrogen) atoms. The van der Waals surface area contributed by atoms with Crippen LogP contribution in [-0.2, 0) is 10.0 Å². The van der Waals surface area contributed by atoms with Crippen molar-refractivity contribution in [3.05, 3.63) is 18.5 Å². The van der Waals surface area contributed by atoms with E-state index >= 15 is 0 Å². The van der Waals surface area contributed by atoms with Crippen molar-refractivity contribution >= 4 is 15.7 Å². The predicted octanol–water partition coefficient (Wildman–Crippen LogP) is 2.08. The first-order chi connectivity index (χ1) is 8.70. The fourth-order valence-electron chi connectivity index (χ4n) is 1.36. The number of hydrogen-bond acceptors (Lipinski definition) is 4. The molecule has 0 aliphatic rings. The molecule has 0 radical (unpaired) electrons. The van der Waals surface area contributed by atoms with Crippen LogP contribution in [0.4, 0.5) is 5.69 Å². The zero-order valence-electron chi connectivity index (χ0n) is 12.2. The highest BCUT2D eigenvalue weighted by Gasteiger charge is 2.26. The van der Waals surface area contributed by atoms with Crippen LogP contribution in [0.5, 0.6) is 0 Å². The normalized spacial score (nSPS) is 12.7. The highest BCUT2D eigenvalue weighted by molar-refractivity contribution is 7.89. The topological polar surface area (TPSA) is 71.1 Å². The second-order valence-corrected chi connectivity index (χ2v) is 7.33. The van der Waals surface area contributed by atoms with E-state index in [1.807, 2.05) is 13.8 Å². The van der Waals surface area contributed by atoms with Gasteiger partial charge in [0.2, 0.25) is 10.0 Å². The van der Waals surface area contributed by atoms with Crippen molar-refractivity contribution in [3.8, 4) is 0 Å². The lowest BCUT2D eigenvalue weighted by Gasteiger charge is -2.29. The smallest absolute Gasteiger partial charge is 0.244 e. The largest absolute Gasteiger partial charge is 0.387 e. The highest BCUT2D eigenvalue weighted by Crippen LogP contribution is 2.26. The standard InChI is InChI=1S/C13H23N3O2S/c1-10(2)13(3,4)9-16-19(17,18)12-8-15-7-6-11(12)14-5/h6-8,10,16H,9H2,1-5H3,(H,14,15). The Hall–Kier alpha value is -1.14. The van der Waals surface area contributed by atoms with Crippen molar-refractivity contribution in [2.24, 2.45) is 11.3 Å². The van der Waals surface area contributed by atoms with Crippen LogP contribution in [0.2, 0.25) is 0 Å². The van der Waals surface area contributed by atoms with E-state index in [2.05, 4.69) is 28.9 Å². The molecule has 108 valence electrons. The van der Waals surface area contributed by atoms with Crippen molar-refractivity contribution in [2.75, 3.05) is 18.9 Å². The Bertz CT molecular complexity index is 524. The van der Waals surface area contributed by atoms with Gasteiger partial charge >= 0.3 is 0 Å². The quantitative estimate of drug-likeness (QED) is 0.839. The summed E-state index contributed by atoms with van der Waals surface area (Å²) in [5, 5.41) is 2.86. The van der Waals surface area contributed by atoms with Gasteiger partial charge in [-0.2, -0.15) is 0 Å². The Labute approximate surface area is 115 Å². The summed E-state index contributed by atoms with van der Waals surface area (Å²) in [6.07, 6.45) is 2.92. The van der Waals surface area contributed by atoms with Crippen LogP contribution in [0.3, 0.4) is 0 Å². The summed E-state index contributed by atoms with van der Waals surface area (Å²) in [5.74, 6) is 0.382. The average molecular weight is 285 g/mol. The number of anilines is 1. The molecule has 6 heteroatoms. The van der Waals surface area contributed by atoms with Crippen molar-refractivity contribution < 1.29 is 8.42 Å². The van der Waals surface area contributed by atoms with Crippen LogP contribution in [0.15, 0.2) is 23.4 Å². The molecule has 0 fully saturated rings. The Morgan fingerprint density at radius 3 is 2.53 bits per heavy atom. The minimum atomic E-state index is -3.54. The van der Waals surface area contributed by atoms with E-state index in [1.54, 1.807) is 19.3 Å². The zero-order chi connectivity index (χ0) is 14.7. The van der Waals surface area contributed by atoms with Gasteiger partial charge in [0.05, 0.1) is 5.69 Å². The molecule has 1 aromatic heterocycles. The molecule has 2 N–H and O–H groups in total. The molecule has 0 unspecified atom stereocenters. The van der Waals surface area contributed by atoms with Crippen LogP contribution in [0.1, 0.15) is 27.7 Å². The van der Waals surface area contributed by atoms with Gasteiger partial charge < -0.3 is 5.32 Å². The number of nitrogens with one attached hydrogen (secondary N) is 2. The molecule has 1 aromatic rings. The van der Waals surface area contributed by atoms with Crippen molar-refractivity contribution in [1.29, 1.82) is 0 Å². The molecule has 0 saturated carbocycles. The fraction of sp³-hybridized carbons (Fsp3) is 0.615. The molecule has 0 aliphatic heterocycles. The molecule has 1 heterocycles. The third kappa shape index (κ3) is 3.91. The first kappa shape index (κ1) is 15.9. The van der Waals surface area contributed by atoms with Crippen molar-refractivity contribution in [2.45, 2.75) is 32.6 Å². The van der Waals surface area contributed by atoms with E-state index in [0.717, 1.165) is 0 Å². The van der Waals surface area contributed by atoms with E-state index in [-0.39, 0.29) is 10.3 Å². The van der Waals surface area contributed by atoms with Crippen molar-refractivity contribution in [3.63, 3.8) is 0 Å². The van der Waals surface area contributed by atoms with E-state index in [4.69, 9.17) is 0 Å². The van der Waals surface area contributed by atoms with Gasteiger partial charge in [0.1, 0.15) is 4.90 Å². The number of nitrogens with zero attached hydrogens (tertiary/aromatic N) is 1. The number of hydrogen-bond donors (Lipinski definition) is 2. The molecule has 1 rings (SSSR count). The second kappa shape index (κ2) is 5.88.